The van der Waals surface area contributed by atoms with Crippen molar-refractivity contribution in [2.75, 3.05) is 5.75 Å². The monoisotopic (exact) mass is 158 g/mol. The van der Waals surface area contributed by atoms with Gasteiger partial charge < -0.3 is 0 Å². The van der Waals surface area contributed by atoms with Gasteiger partial charge in [-0.2, -0.15) is 8.42 Å². The second kappa shape index (κ2) is 2.45. The van der Waals surface area contributed by atoms with Gasteiger partial charge in [0.15, 0.2) is 6.10 Å². The summed E-state index contributed by atoms with van der Waals surface area (Å²) in [6.45, 7) is 0. The van der Waals surface area contributed by atoms with E-state index < -0.39 is 16.2 Å². The molecule has 0 fully saturated rings. The van der Waals surface area contributed by atoms with E-state index in [0.29, 0.717) is 0 Å². The van der Waals surface area contributed by atoms with Crippen molar-refractivity contribution >= 4 is 10.1 Å². The quantitative estimate of drug-likeness (QED) is 0.281. The van der Waals surface area contributed by atoms with Gasteiger partial charge in [0, 0.05) is 0 Å². The number of terminal acetylenes is 1. The van der Waals surface area contributed by atoms with Gasteiger partial charge in [-0.15, -0.1) is 6.42 Å². The van der Waals surface area contributed by atoms with Crippen molar-refractivity contribution in [3.8, 4) is 12.3 Å². The summed E-state index contributed by atoms with van der Waals surface area (Å²) in [5, 5.41) is 0. The topological polar surface area (TPSA) is 43.4 Å². The van der Waals surface area contributed by atoms with Crippen molar-refractivity contribution in [3.05, 3.63) is 12.2 Å². The summed E-state index contributed by atoms with van der Waals surface area (Å²) < 4.78 is 25.8. The molecule has 0 amide bonds. The largest absolute Gasteiger partial charge is 0.272 e. The maximum atomic E-state index is 10.7. The minimum atomic E-state index is -3.37. The van der Waals surface area contributed by atoms with Crippen LogP contribution in [0.25, 0.3) is 0 Å². The van der Waals surface area contributed by atoms with Crippen LogP contribution in [0.3, 0.4) is 0 Å². The Bertz CT molecular complexity index is 281. The van der Waals surface area contributed by atoms with Crippen LogP contribution in [-0.2, 0) is 14.3 Å². The van der Waals surface area contributed by atoms with Crippen LogP contribution in [0.5, 0.6) is 0 Å². The molecule has 3 nitrogen and oxygen atoms in total. The highest BCUT2D eigenvalue weighted by Crippen LogP contribution is 2.07. The van der Waals surface area contributed by atoms with Gasteiger partial charge in [0.05, 0.1) is 5.75 Å². The molecule has 0 saturated carbocycles. The number of rotatable bonds is 0. The van der Waals surface area contributed by atoms with Gasteiger partial charge in [0.2, 0.25) is 0 Å². The van der Waals surface area contributed by atoms with E-state index in [1.807, 2.05) is 0 Å². The summed E-state index contributed by atoms with van der Waals surface area (Å²) in [5.41, 5.74) is 0. The average Bonchev–Trinajstić information content (AvgIpc) is 1.86. The van der Waals surface area contributed by atoms with Gasteiger partial charge in [0.25, 0.3) is 10.1 Å². The van der Waals surface area contributed by atoms with Crippen molar-refractivity contribution in [3.63, 3.8) is 0 Å². The van der Waals surface area contributed by atoms with Crippen LogP contribution in [0.1, 0.15) is 0 Å². The molecule has 1 rings (SSSR count). The first-order chi connectivity index (χ1) is 4.64. The van der Waals surface area contributed by atoms with Crippen LogP contribution >= 0.6 is 0 Å². The third kappa shape index (κ3) is 1.59. The third-order valence-corrected chi connectivity index (χ3v) is 2.13. The van der Waals surface area contributed by atoms with Crippen LogP contribution in [-0.4, -0.2) is 20.3 Å². The van der Waals surface area contributed by atoms with Gasteiger partial charge in [0.1, 0.15) is 0 Å². The molecular formula is C6H6O3S. The lowest BCUT2D eigenvalue weighted by atomic mass is 10.3. The summed E-state index contributed by atoms with van der Waals surface area (Å²) >= 11 is 0. The zero-order chi connectivity index (χ0) is 7.61. The van der Waals surface area contributed by atoms with Gasteiger partial charge in [-0.3, -0.25) is 0 Å². The third-order valence-electron chi connectivity index (χ3n) is 1.03. The Morgan fingerprint density at radius 1 is 1.70 bits per heavy atom. The molecule has 1 heterocycles. The minimum Gasteiger partial charge on any atom is -0.249 e. The molecule has 0 aliphatic carbocycles. The van der Waals surface area contributed by atoms with E-state index in [1.54, 1.807) is 6.08 Å². The van der Waals surface area contributed by atoms with E-state index in [1.165, 1.54) is 6.08 Å². The Hall–Kier alpha value is -0.790. The van der Waals surface area contributed by atoms with Gasteiger partial charge in [-0.05, 0) is 6.08 Å². The van der Waals surface area contributed by atoms with E-state index in [2.05, 4.69) is 10.1 Å². The smallest absolute Gasteiger partial charge is 0.249 e. The molecule has 4 heteroatoms. The standard InChI is InChI=1S/C6H6O3S/c1-2-6-4-3-5-10(7,8)9-6/h1,3-4,6H,5H2. The second-order valence-corrected chi connectivity index (χ2v) is 3.48. The zero-order valence-electron chi connectivity index (χ0n) is 5.15. The van der Waals surface area contributed by atoms with Crippen LogP contribution in [0.15, 0.2) is 12.2 Å². The van der Waals surface area contributed by atoms with E-state index in [0.717, 1.165) is 0 Å². The molecule has 0 aromatic rings. The van der Waals surface area contributed by atoms with Gasteiger partial charge in [-0.25, -0.2) is 4.18 Å². The van der Waals surface area contributed by atoms with Crippen LogP contribution in [0.2, 0.25) is 0 Å². The predicted molar refractivity (Wildman–Crippen MR) is 36.6 cm³/mol. The normalized spacial score (nSPS) is 29.3. The van der Waals surface area contributed by atoms with Gasteiger partial charge >= 0.3 is 0 Å². The Morgan fingerprint density at radius 3 is 2.80 bits per heavy atom. The Balaban J connectivity index is 2.85. The summed E-state index contributed by atoms with van der Waals surface area (Å²) in [5.74, 6) is 2.09. The van der Waals surface area contributed by atoms with E-state index in [-0.39, 0.29) is 5.75 Å². The van der Waals surface area contributed by atoms with Gasteiger partial charge in [-0.1, -0.05) is 12.0 Å². The van der Waals surface area contributed by atoms with Crippen molar-refractivity contribution < 1.29 is 12.6 Å². The van der Waals surface area contributed by atoms with Crippen LogP contribution in [0, 0.1) is 12.3 Å². The predicted octanol–water partition coefficient (Wildman–Crippen LogP) is -0.0956. The van der Waals surface area contributed by atoms with Crippen molar-refractivity contribution in [2.24, 2.45) is 0 Å². The Kier molecular flexibility index (Phi) is 1.79. The van der Waals surface area contributed by atoms with Crippen molar-refractivity contribution in [1.29, 1.82) is 0 Å². The molecule has 0 aromatic heterocycles. The van der Waals surface area contributed by atoms with E-state index in [4.69, 9.17) is 6.42 Å². The molecular weight excluding hydrogens is 152 g/mol. The molecule has 0 N–H and O–H groups in total. The molecule has 0 aromatic carbocycles. The first kappa shape index (κ1) is 7.32. The maximum Gasteiger partial charge on any atom is 0.272 e. The minimum absolute atomic E-state index is 0.0782. The highest BCUT2D eigenvalue weighted by atomic mass is 32.2. The lowest BCUT2D eigenvalue weighted by Gasteiger charge is -2.10. The lowest BCUT2D eigenvalue weighted by Crippen LogP contribution is -2.20. The fourth-order valence-corrected chi connectivity index (χ4v) is 1.47. The summed E-state index contributed by atoms with van der Waals surface area (Å²) in [6.07, 6.45) is 7.26. The first-order valence-corrected chi connectivity index (χ1v) is 4.25. The molecule has 1 atom stereocenters. The maximum absolute atomic E-state index is 10.7. The highest BCUT2D eigenvalue weighted by Gasteiger charge is 2.18. The summed E-state index contributed by atoms with van der Waals surface area (Å²) in [7, 11) is -3.37. The second-order valence-electron chi connectivity index (χ2n) is 1.84. The molecule has 1 aliphatic rings. The van der Waals surface area contributed by atoms with Crippen molar-refractivity contribution in [2.45, 2.75) is 6.10 Å². The fraction of sp³-hybridized carbons (Fsp3) is 0.333. The Morgan fingerprint density at radius 2 is 2.40 bits per heavy atom. The van der Waals surface area contributed by atoms with E-state index in [9.17, 15) is 8.42 Å². The van der Waals surface area contributed by atoms with Crippen LogP contribution < -0.4 is 0 Å². The molecule has 1 unspecified atom stereocenters. The molecule has 0 spiro atoms. The number of hydrogen-bond acceptors (Lipinski definition) is 3. The SMILES string of the molecule is C#CC1C=CCS(=O)(=O)O1. The van der Waals surface area contributed by atoms with E-state index >= 15 is 0 Å². The van der Waals surface area contributed by atoms with Crippen molar-refractivity contribution in [1.82, 2.24) is 0 Å². The first-order valence-electron chi connectivity index (χ1n) is 2.68. The Labute approximate surface area is 59.8 Å². The number of hydrogen-bond donors (Lipinski definition) is 0. The molecule has 54 valence electrons. The summed E-state index contributed by atoms with van der Waals surface area (Å²) in [4.78, 5) is 0. The van der Waals surface area contributed by atoms with Crippen LogP contribution in [0.4, 0.5) is 0 Å². The molecule has 10 heavy (non-hydrogen) atoms. The molecule has 0 saturated heterocycles. The fourth-order valence-electron chi connectivity index (χ4n) is 0.610. The zero-order valence-corrected chi connectivity index (χ0v) is 5.97. The molecule has 1 aliphatic heterocycles. The summed E-state index contributed by atoms with van der Waals surface area (Å²) in [6, 6.07) is 0. The molecule has 0 bridgehead atoms. The highest BCUT2D eigenvalue weighted by molar-refractivity contribution is 7.86. The lowest BCUT2D eigenvalue weighted by molar-refractivity contribution is 0.303. The average molecular weight is 158 g/mol. The molecule has 0 radical (unpaired) electrons.